The summed E-state index contributed by atoms with van der Waals surface area (Å²) in [7, 11) is 0. The van der Waals surface area contributed by atoms with E-state index in [1.165, 1.54) is 0 Å². The topological polar surface area (TPSA) is 41.5 Å². The van der Waals surface area contributed by atoms with Gasteiger partial charge < -0.3 is 15.2 Å². The maximum Gasteiger partial charge on any atom is 0.0912 e. The average molecular weight is 183 g/mol. The molecule has 0 bridgehead atoms. The van der Waals surface area contributed by atoms with Gasteiger partial charge in [0, 0.05) is 6.42 Å². The molecule has 0 amide bonds. The molecule has 2 heterocycles. The molecule has 2 rings (SSSR count). The second-order valence-corrected chi connectivity index (χ2v) is 3.90. The number of aliphatic hydroxyl groups is 1. The first kappa shape index (κ1) is 9.03. The van der Waals surface area contributed by atoms with Crippen molar-refractivity contribution in [2.75, 3.05) is 19.7 Å². The van der Waals surface area contributed by atoms with E-state index in [0.29, 0.717) is 0 Å². The third-order valence-electron chi connectivity index (χ3n) is 2.97. The molecule has 2 aliphatic heterocycles. The highest BCUT2D eigenvalue weighted by Crippen LogP contribution is 2.32. The maximum atomic E-state index is 10.4. The molecule has 1 atom stereocenters. The highest BCUT2D eigenvalue weighted by atomic mass is 16.5. The van der Waals surface area contributed by atoms with Crippen LogP contribution in [0.2, 0.25) is 0 Å². The summed E-state index contributed by atoms with van der Waals surface area (Å²) in [5.41, 5.74) is 0.510. The number of ether oxygens (including phenoxy) is 1. The van der Waals surface area contributed by atoms with Crippen LogP contribution in [0, 0.1) is 0 Å². The first-order chi connectivity index (χ1) is 6.31. The Kier molecular flexibility index (Phi) is 2.56. The van der Waals surface area contributed by atoms with Crippen LogP contribution in [-0.4, -0.2) is 30.4 Å². The quantitative estimate of drug-likeness (QED) is 0.631. The molecule has 0 aliphatic carbocycles. The average Bonchev–Trinajstić information content (AvgIpc) is 2.57. The number of nitrogens with one attached hydrogen (secondary N) is 1. The molecule has 1 unspecified atom stereocenters. The Morgan fingerprint density at radius 3 is 3.08 bits per heavy atom. The summed E-state index contributed by atoms with van der Waals surface area (Å²) in [6.07, 6.45) is 5.40. The zero-order valence-electron chi connectivity index (χ0n) is 7.88. The second-order valence-electron chi connectivity index (χ2n) is 3.90. The van der Waals surface area contributed by atoms with Crippen LogP contribution < -0.4 is 5.32 Å². The molecular weight excluding hydrogens is 166 g/mol. The molecule has 0 aromatic heterocycles. The van der Waals surface area contributed by atoms with Crippen LogP contribution in [0.1, 0.15) is 25.7 Å². The van der Waals surface area contributed by atoms with Crippen molar-refractivity contribution >= 4 is 0 Å². The van der Waals surface area contributed by atoms with E-state index in [2.05, 4.69) is 5.32 Å². The molecule has 1 fully saturated rings. The van der Waals surface area contributed by atoms with Crippen molar-refractivity contribution in [3.8, 4) is 0 Å². The second kappa shape index (κ2) is 3.68. The lowest BCUT2D eigenvalue weighted by Gasteiger charge is -2.26. The van der Waals surface area contributed by atoms with E-state index in [1.807, 2.05) is 0 Å². The molecule has 3 heteroatoms. The van der Waals surface area contributed by atoms with Crippen LogP contribution in [0.15, 0.2) is 11.8 Å². The van der Waals surface area contributed by atoms with E-state index in [1.54, 1.807) is 6.26 Å². The van der Waals surface area contributed by atoms with Gasteiger partial charge in [0.25, 0.3) is 0 Å². The maximum absolute atomic E-state index is 10.4. The molecule has 2 N–H and O–H groups in total. The van der Waals surface area contributed by atoms with Crippen LogP contribution in [0.3, 0.4) is 0 Å². The monoisotopic (exact) mass is 183 g/mol. The summed E-state index contributed by atoms with van der Waals surface area (Å²) < 4.78 is 5.17. The van der Waals surface area contributed by atoms with Gasteiger partial charge in [0.1, 0.15) is 0 Å². The van der Waals surface area contributed by atoms with Gasteiger partial charge in [-0.05, 0) is 37.9 Å². The van der Waals surface area contributed by atoms with Gasteiger partial charge in [-0.3, -0.25) is 0 Å². The third kappa shape index (κ3) is 1.86. The first-order valence-corrected chi connectivity index (χ1v) is 5.05. The highest BCUT2D eigenvalue weighted by molar-refractivity contribution is 5.17. The molecule has 0 aromatic carbocycles. The summed E-state index contributed by atoms with van der Waals surface area (Å²) in [5, 5.41) is 13.7. The fourth-order valence-corrected chi connectivity index (χ4v) is 2.10. The molecule has 0 aromatic rings. The number of hydrogen-bond donors (Lipinski definition) is 2. The SMILES string of the molecule is OC1(C2=COCC2)CCCNCC1. The highest BCUT2D eigenvalue weighted by Gasteiger charge is 2.33. The molecule has 0 spiro atoms. The first-order valence-electron chi connectivity index (χ1n) is 5.05. The van der Waals surface area contributed by atoms with Gasteiger partial charge in [-0.2, -0.15) is 0 Å². The van der Waals surface area contributed by atoms with Gasteiger partial charge in [-0.15, -0.1) is 0 Å². The zero-order chi connectivity index (χ0) is 9.15. The predicted octanol–water partition coefficient (Wildman–Crippen LogP) is 0.795. The third-order valence-corrected chi connectivity index (χ3v) is 2.97. The molecular formula is C10H17NO2. The van der Waals surface area contributed by atoms with Crippen molar-refractivity contribution in [2.45, 2.75) is 31.3 Å². The van der Waals surface area contributed by atoms with Crippen molar-refractivity contribution in [1.29, 1.82) is 0 Å². The lowest BCUT2D eigenvalue weighted by Crippen LogP contribution is -2.31. The summed E-state index contributed by atoms with van der Waals surface area (Å²) in [4.78, 5) is 0. The number of rotatable bonds is 1. The van der Waals surface area contributed by atoms with Crippen LogP contribution >= 0.6 is 0 Å². The van der Waals surface area contributed by atoms with Gasteiger partial charge in [-0.25, -0.2) is 0 Å². The normalized spacial score (nSPS) is 35.0. The van der Waals surface area contributed by atoms with Gasteiger partial charge in [0.15, 0.2) is 0 Å². The largest absolute Gasteiger partial charge is 0.501 e. The van der Waals surface area contributed by atoms with E-state index < -0.39 is 5.60 Å². The molecule has 1 saturated heterocycles. The fourth-order valence-electron chi connectivity index (χ4n) is 2.10. The van der Waals surface area contributed by atoms with E-state index in [-0.39, 0.29) is 0 Å². The van der Waals surface area contributed by atoms with Gasteiger partial charge in [0.2, 0.25) is 0 Å². The predicted molar refractivity (Wildman–Crippen MR) is 50.3 cm³/mol. The summed E-state index contributed by atoms with van der Waals surface area (Å²) in [6, 6.07) is 0. The molecule has 0 saturated carbocycles. The molecule has 2 aliphatic rings. The van der Waals surface area contributed by atoms with Crippen molar-refractivity contribution in [3.63, 3.8) is 0 Å². The van der Waals surface area contributed by atoms with Crippen LogP contribution in [0.25, 0.3) is 0 Å². The van der Waals surface area contributed by atoms with Crippen LogP contribution in [0.4, 0.5) is 0 Å². The summed E-state index contributed by atoms with van der Waals surface area (Å²) in [5.74, 6) is 0. The summed E-state index contributed by atoms with van der Waals surface area (Å²) >= 11 is 0. The molecule has 0 radical (unpaired) electrons. The van der Waals surface area contributed by atoms with E-state index >= 15 is 0 Å². The van der Waals surface area contributed by atoms with E-state index in [9.17, 15) is 5.11 Å². The Morgan fingerprint density at radius 2 is 2.31 bits per heavy atom. The number of hydrogen-bond acceptors (Lipinski definition) is 3. The lowest BCUT2D eigenvalue weighted by atomic mass is 9.86. The van der Waals surface area contributed by atoms with Crippen molar-refractivity contribution in [2.24, 2.45) is 0 Å². The van der Waals surface area contributed by atoms with Crippen LogP contribution in [0.5, 0.6) is 0 Å². The Balaban J connectivity index is 2.07. The zero-order valence-corrected chi connectivity index (χ0v) is 7.88. The van der Waals surface area contributed by atoms with Gasteiger partial charge >= 0.3 is 0 Å². The van der Waals surface area contributed by atoms with Crippen LogP contribution in [-0.2, 0) is 4.74 Å². The van der Waals surface area contributed by atoms with E-state index in [4.69, 9.17) is 4.74 Å². The van der Waals surface area contributed by atoms with Crippen molar-refractivity contribution in [3.05, 3.63) is 11.8 Å². The minimum Gasteiger partial charge on any atom is -0.501 e. The standard InChI is InChI=1S/C10H17NO2/c12-10(9-2-7-13-8-9)3-1-5-11-6-4-10/h8,11-12H,1-7H2. The van der Waals surface area contributed by atoms with Gasteiger partial charge in [0.05, 0.1) is 18.5 Å². The molecule has 3 nitrogen and oxygen atoms in total. The van der Waals surface area contributed by atoms with Crippen molar-refractivity contribution in [1.82, 2.24) is 5.32 Å². The lowest BCUT2D eigenvalue weighted by molar-refractivity contribution is 0.0635. The van der Waals surface area contributed by atoms with Gasteiger partial charge in [-0.1, -0.05) is 0 Å². The summed E-state index contributed by atoms with van der Waals surface area (Å²) in [6.45, 7) is 2.68. The van der Waals surface area contributed by atoms with E-state index in [0.717, 1.165) is 51.0 Å². The Morgan fingerprint density at radius 1 is 1.38 bits per heavy atom. The molecule has 74 valence electrons. The van der Waals surface area contributed by atoms with Crippen molar-refractivity contribution < 1.29 is 9.84 Å². The Labute approximate surface area is 78.8 Å². The molecule has 13 heavy (non-hydrogen) atoms. The smallest absolute Gasteiger partial charge is 0.0912 e. The fraction of sp³-hybridized carbons (Fsp3) is 0.800. The Bertz CT molecular complexity index is 205. The minimum absolute atomic E-state index is 0.583. The Hall–Kier alpha value is -0.540. The minimum atomic E-state index is -0.583.